The maximum Gasteiger partial charge on any atom is 0.101 e. The quantitative estimate of drug-likeness (QED) is 0.414. The van der Waals surface area contributed by atoms with Crippen LogP contribution in [0.1, 0.15) is 18.4 Å². The van der Waals surface area contributed by atoms with Crippen LogP contribution < -0.4 is 0 Å². The molecule has 0 aliphatic heterocycles. The second kappa shape index (κ2) is 5.94. The fraction of sp³-hybridized carbons (Fsp3) is 0.286. The molecule has 0 heterocycles. The third-order valence-corrected chi connectivity index (χ3v) is 4.78. The molecule has 0 unspecified atom stereocenters. The molecule has 1 aliphatic rings. The van der Waals surface area contributed by atoms with E-state index in [-0.39, 0.29) is 6.47 Å². The van der Waals surface area contributed by atoms with Crippen LogP contribution in [0, 0.1) is 0 Å². The largest absolute Gasteiger partial charge is 0.101 e. The zero-order valence-electron chi connectivity index (χ0n) is 9.54. The van der Waals surface area contributed by atoms with Gasteiger partial charge in [-0.25, -0.2) is 0 Å². The highest BCUT2D eigenvalue weighted by atomic mass is 79.9. The van der Waals surface area contributed by atoms with Gasteiger partial charge in [-0.2, -0.15) is 0 Å². The summed E-state index contributed by atoms with van der Waals surface area (Å²) in [6.45, 7) is 0. The molecule has 2 rings (SSSR count). The molecule has 0 amide bonds. The minimum atomic E-state index is -0.151. The van der Waals surface area contributed by atoms with Crippen LogP contribution >= 0.6 is 63.7 Å². The molecule has 0 bridgehead atoms. The molecule has 0 saturated carbocycles. The van der Waals surface area contributed by atoms with Crippen molar-refractivity contribution in [1.29, 1.82) is 0 Å². The van der Waals surface area contributed by atoms with E-state index < -0.39 is 0 Å². The molecule has 1 aliphatic carbocycles. The van der Waals surface area contributed by atoms with Crippen LogP contribution in [0.4, 0.5) is 0 Å². The highest BCUT2D eigenvalue weighted by Crippen LogP contribution is 2.51. The van der Waals surface area contributed by atoms with Gasteiger partial charge in [-0.05, 0) is 17.6 Å². The first-order valence-electron chi connectivity index (χ1n) is 5.57. The number of benzene rings is 1. The Bertz CT molecular complexity index is 472. The predicted octanol–water partition coefficient (Wildman–Crippen LogP) is 6.39. The first-order valence-corrected chi connectivity index (χ1v) is 8.74. The van der Waals surface area contributed by atoms with Crippen LogP contribution in [0.15, 0.2) is 48.1 Å². The number of halogens is 4. The molecule has 0 atom stereocenters. The molecule has 1 aromatic carbocycles. The van der Waals surface area contributed by atoms with E-state index in [4.69, 9.17) is 0 Å². The molecule has 96 valence electrons. The lowest BCUT2D eigenvalue weighted by Crippen LogP contribution is -2.27. The van der Waals surface area contributed by atoms with Crippen LogP contribution in [0.3, 0.4) is 0 Å². The fourth-order valence-corrected chi connectivity index (χ4v) is 6.54. The molecule has 0 spiro atoms. The van der Waals surface area contributed by atoms with Gasteiger partial charge in [-0.15, -0.1) is 0 Å². The van der Waals surface area contributed by atoms with Gasteiger partial charge in [0.25, 0.3) is 0 Å². The Morgan fingerprint density at radius 3 is 2.22 bits per heavy atom. The summed E-state index contributed by atoms with van der Waals surface area (Å²) in [6, 6.07) is 10.3. The molecular weight excluding hydrogens is 488 g/mol. The molecule has 0 saturated heterocycles. The van der Waals surface area contributed by atoms with E-state index in [9.17, 15) is 0 Å². The number of hydrogen-bond donors (Lipinski definition) is 0. The van der Waals surface area contributed by atoms with Crippen molar-refractivity contribution >= 4 is 69.8 Å². The number of alkyl halides is 4. The standard InChI is InChI=1S/C14H12Br4/c15-13(16)8-12(9-14(17,18)10-13)7-6-11-4-2-1-3-5-11/h1-8H,9-10H2/b7-6+. The predicted molar refractivity (Wildman–Crippen MR) is 94.0 cm³/mol. The molecule has 0 fully saturated rings. The molecule has 0 nitrogen and oxygen atoms in total. The van der Waals surface area contributed by atoms with Gasteiger partial charge in [-0.1, -0.05) is 112 Å². The van der Waals surface area contributed by atoms with Crippen LogP contribution in [-0.4, -0.2) is 6.47 Å². The Kier molecular flexibility index (Phi) is 4.96. The Morgan fingerprint density at radius 1 is 0.944 bits per heavy atom. The highest BCUT2D eigenvalue weighted by Gasteiger charge is 2.38. The summed E-state index contributed by atoms with van der Waals surface area (Å²) >= 11 is 14.8. The Hall–Kier alpha value is 0.620. The van der Waals surface area contributed by atoms with E-state index in [0.29, 0.717) is 0 Å². The van der Waals surface area contributed by atoms with Crippen molar-refractivity contribution in [2.75, 3.05) is 0 Å². The molecule has 1 aromatic rings. The van der Waals surface area contributed by atoms with Crippen molar-refractivity contribution in [2.45, 2.75) is 19.3 Å². The fourth-order valence-electron chi connectivity index (χ4n) is 1.95. The summed E-state index contributed by atoms with van der Waals surface area (Å²) in [4.78, 5) is 0. The summed E-state index contributed by atoms with van der Waals surface area (Å²) in [5, 5.41) is 0. The summed E-state index contributed by atoms with van der Waals surface area (Å²) in [6.07, 6.45) is 8.41. The number of rotatable bonds is 2. The van der Waals surface area contributed by atoms with Crippen molar-refractivity contribution in [3.8, 4) is 0 Å². The van der Waals surface area contributed by atoms with Gasteiger partial charge < -0.3 is 0 Å². The minimum Gasteiger partial charge on any atom is -0.0723 e. The Morgan fingerprint density at radius 2 is 1.61 bits per heavy atom. The molecule has 0 N–H and O–H groups in total. The maximum atomic E-state index is 3.72. The van der Waals surface area contributed by atoms with E-state index in [1.54, 1.807) is 0 Å². The SMILES string of the molecule is BrC1(Br)C=C(/C=C/c2ccccc2)CC(Br)(Br)C1. The summed E-state index contributed by atoms with van der Waals surface area (Å²) in [5.41, 5.74) is 2.50. The van der Waals surface area contributed by atoms with Crippen molar-refractivity contribution in [1.82, 2.24) is 0 Å². The summed E-state index contributed by atoms with van der Waals surface area (Å²) in [5.74, 6) is 0. The van der Waals surface area contributed by atoms with E-state index in [0.717, 1.165) is 12.8 Å². The molecule has 18 heavy (non-hydrogen) atoms. The molecule has 0 radical (unpaired) electrons. The van der Waals surface area contributed by atoms with Gasteiger partial charge in [0, 0.05) is 6.42 Å². The van der Waals surface area contributed by atoms with Crippen molar-refractivity contribution in [3.05, 3.63) is 53.6 Å². The van der Waals surface area contributed by atoms with Crippen molar-refractivity contribution in [2.24, 2.45) is 0 Å². The Balaban J connectivity index is 2.19. The Labute approximate surface area is 141 Å². The average molecular weight is 500 g/mol. The van der Waals surface area contributed by atoms with Crippen LogP contribution in [0.2, 0.25) is 0 Å². The lowest BCUT2D eigenvalue weighted by Gasteiger charge is -2.33. The highest BCUT2D eigenvalue weighted by molar-refractivity contribution is 9.26. The molecule has 0 aromatic heterocycles. The third-order valence-electron chi connectivity index (χ3n) is 2.64. The van der Waals surface area contributed by atoms with Crippen LogP contribution in [0.25, 0.3) is 6.08 Å². The number of hydrogen-bond acceptors (Lipinski definition) is 0. The van der Waals surface area contributed by atoms with Crippen LogP contribution in [-0.2, 0) is 0 Å². The van der Waals surface area contributed by atoms with Gasteiger partial charge in [0.1, 0.15) is 3.23 Å². The monoisotopic (exact) mass is 496 g/mol. The normalized spacial score (nSPS) is 21.9. The molecular formula is C14H12Br4. The topological polar surface area (TPSA) is 0 Å². The maximum absolute atomic E-state index is 3.72. The third kappa shape index (κ3) is 4.62. The second-order valence-electron chi connectivity index (χ2n) is 4.43. The smallest absolute Gasteiger partial charge is 0.0723 e. The van der Waals surface area contributed by atoms with Gasteiger partial charge in [0.15, 0.2) is 0 Å². The zero-order chi connectivity index (χ0) is 13.2. The lowest BCUT2D eigenvalue weighted by atomic mass is 9.98. The summed E-state index contributed by atoms with van der Waals surface area (Å²) in [7, 11) is 0. The zero-order valence-corrected chi connectivity index (χ0v) is 15.9. The average Bonchev–Trinajstić information content (AvgIpc) is 2.24. The molecule has 4 heteroatoms. The van der Waals surface area contributed by atoms with E-state index in [1.165, 1.54) is 11.1 Å². The first kappa shape index (κ1) is 15.0. The minimum absolute atomic E-state index is 0.0574. The van der Waals surface area contributed by atoms with Crippen molar-refractivity contribution < 1.29 is 0 Å². The lowest BCUT2D eigenvalue weighted by molar-refractivity contribution is 0.706. The second-order valence-corrected chi connectivity index (χ2v) is 12.4. The van der Waals surface area contributed by atoms with Gasteiger partial charge >= 0.3 is 0 Å². The van der Waals surface area contributed by atoms with E-state index in [2.05, 4.69) is 94.1 Å². The van der Waals surface area contributed by atoms with Crippen molar-refractivity contribution in [3.63, 3.8) is 0 Å². The van der Waals surface area contributed by atoms with Gasteiger partial charge in [-0.3, -0.25) is 0 Å². The first-order chi connectivity index (χ1) is 8.36. The summed E-state index contributed by atoms with van der Waals surface area (Å²) < 4.78 is -0.209. The number of allylic oxidation sites excluding steroid dienone is 3. The van der Waals surface area contributed by atoms with Gasteiger partial charge in [0.2, 0.25) is 0 Å². The van der Waals surface area contributed by atoms with E-state index in [1.807, 2.05) is 18.2 Å². The van der Waals surface area contributed by atoms with E-state index >= 15 is 0 Å². The van der Waals surface area contributed by atoms with Crippen LogP contribution in [0.5, 0.6) is 0 Å². The van der Waals surface area contributed by atoms with Gasteiger partial charge in [0.05, 0.1) is 3.23 Å².